The Bertz CT molecular complexity index is 706. The average molecular weight is 376 g/mol. The van der Waals surface area contributed by atoms with E-state index in [1.165, 1.54) is 49.0 Å². The number of nitrogens with zero attached hydrogens (tertiary/aromatic N) is 3. The van der Waals surface area contributed by atoms with Crippen LogP contribution in [0.15, 0.2) is 0 Å². The molecule has 2 aromatic heterocycles. The van der Waals surface area contributed by atoms with E-state index in [1.807, 2.05) is 11.3 Å². The Morgan fingerprint density at radius 3 is 2.38 bits per heavy atom. The van der Waals surface area contributed by atoms with Crippen molar-refractivity contribution in [3.8, 4) is 0 Å². The number of thiophene rings is 1. The van der Waals surface area contributed by atoms with Crippen molar-refractivity contribution >= 4 is 33.3 Å². The van der Waals surface area contributed by atoms with Crippen LogP contribution in [0.3, 0.4) is 0 Å². The van der Waals surface area contributed by atoms with Gasteiger partial charge in [-0.05, 0) is 31.2 Å². The van der Waals surface area contributed by atoms with Gasteiger partial charge in [0, 0.05) is 31.1 Å². The normalized spacial score (nSPS) is 15.1. The minimum atomic E-state index is 0.674. The predicted molar refractivity (Wildman–Crippen MR) is 113 cm³/mol. The molecular formula is C20H33N5S. The molecule has 3 heterocycles. The van der Waals surface area contributed by atoms with Gasteiger partial charge in [-0.15, -0.1) is 11.3 Å². The van der Waals surface area contributed by atoms with E-state index in [9.17, 15) is 0 Å². The smallest absolute Gasteiger partial charge is 0.228 e. The quantitative estimate of drug-likeness (QED) is 0.645. The summed E-state index contributed by atoms with van der Waals surface area (Å²) in [4.78, 5) is 14.4. The molecule has 0 amide bonds. The Morgan fingerprint density at radius 1 is 1.00 bits per heavy atom. The maximum Gasteiger partial charge on any atom is 0.228 e. The Labute approximate surface area is 161 Å². The molecule has 0 saturated carbocycles. The summed E-state index contributed by atoms with van der Waals surface area (Å²) in [6.45, 7) is 8.38. The van der Waals surface area contributed by atoms with Gasteiger partial charge in [-0.1, -0.05) is 39.5 Å². The van der Waals surface area contributed by atoms with E-state index in [2.05, 4.69) is 24.1 Å². The molecule has 1 aliphatic rings. The number of fused-ring (bicyclic) bond motifs is 1. The molecule has 1 fully saturated rings. The van der Waals surface area contributed by atoms with Crippen LogP contribution in [0.4, 0.5) is 11.8 Å². The zero-order valence-corrected chi connectivity index (χ0v) is 17.1. The summed E-state index contributed by atoms with van der Waals surface area (Å²) >= 11 is 1.85. The van der Waals surface area contributed by atoms with Crippen LogP contribution in [0.2, 0.25) is 0 Å². The third-order valence-electron chi connectivity index (χ3n) is 5.19. The van der Waals surface area contributed by atoms with Crippen LogP contribution < -0.4 is 16.0 Å². The number of rotatable bonds is 9. The molecule has 26 heavy (non-hydrogen) atoms. The first-order valence-corrected chi connectivity index (χ1v) is 11.1. The first-order valence-electron chi connectivity index (χ1n) is 10.3. The van der Waals surface area contributed by atoms with Crippen LogP contribution in [-0.2, 0) is 12.8 Å². The van der Waals surface area contributed by atoms with Crippen LogP contribution in [-0.4, -0.2) is 36.1 Å². The average Bonchev–Trinajstić information content (AvgIpc) is 3.01. The molecule has 144 valence electrons. The Kier molecular flexibility index (Phi) is 7.08. The van der Waals surface area contributed by atoms with E-state index in [0.717, 1.165) is 55.2 Å². The molecule has 0 spiro atoms. The van der Waals surface area contributed by atoms with E-state index >= 15 is 0 Å². The van der Waals surface area contributed by atoms with Crippen molar-refractivity contribution in [2.45, 2.75) is 65.2 Å². The second-order valence-electron chi connectivity index (χ2n) is 7.24. The van der Waals surface area contributed by atoms with E-state index < -0.39 is 0 Å². The molecule has 1 aliphatic heterocycles. The van der Waals surface area contributed by atoms with Crippen LogP contribution in [0.5, 0.6) is 0 Å². The molecule has 1 saturated heterocycles. The molecule has 0 aromatic carbocycles. The molecule has 0 atom stereocenters. The number of anilines is 2. The second kappa shape index (κ2) is 9.51. The second-order valence-corrected chi connectivity index (χ2v) is 8.33. The van der Waals surface area contributed by atoms with Crippen molar-refractivity contribution in [1.29, 1.82) is 0 Å². The highest BCUT2D eigenvalue weighted by Gasteiger charge is 2.20. The van der Waals surface area contributed by atoms with Crippen molar-refractivity contribution in [2.75, 3.05) is 36.8 Å². The zero-order chi connectivity index (χ0) is 18.4. The van der Waals surface area contributed by atoms with Gasteiger partial charge in [-0.2, -0.15) is 4.98 Å². The van der Waals surface area contributed by atoms with Gasteiger partial charge < -0.3 is 16.0 Å². The van der Waals surface area contributed by atoms with Crippen LogP contribution >= 0.6 is 11.3 Å². The maximum atomic E-state index is 6.45. The number of aromatic nitrogens is 2. The van der Waals surface area contributed by atoms with Crippen LogP contribution in [0.1, 0.15) is 62.8 Å². The van der Waals surface area contributed by atoms with Gasteiger partial charge in [0.1, 0.15) is 10.6 Å². The largest absolute Gasteiger partial charge is 0.383 e. The molecule has 0 unspecified atom stereocenters. The van der Waals surface area contributed by atoms with Gasteiger partial charge in [-0.25, -0.2) is 4.98 Å². The summed E-state index contributed by atoms with van der Waals surface area (Å²) in [5, 5.41) is 4.52. The molecular weight excluding hydrogens is 342 g/mol. The lowest BCUT2D eigenvalue weighted by Crippen LogP contribution is -2.44. The fourth-order valence-corrected chi connectivity index (χ4v) is 4.94. The number of nitrogens with one attached hydrogen (secondary N) is 1. The summed E-state index contributed by atoms with van der Waals surface area (Å²) < 4.78 is 0. The SMILES string of the molecule is CCCCCc1sc2nc(N3CCNCC3)nc(N)c2c1CCCCC. The number of nitrogen functional groups attached to an aromatic ring is 1. The fraction of sp³-hybridized carbons (Fsp3) is 0.700. The Balaban J connectivity index is 1.92. The van der Waals surface area contributed by atoms with Gasteiger partial charge in [0.05, 0.1) is 5.39 Å². The summed E-state index contributed by atoms with van der Waals surface area (Å²) in [7, 11) is 0. The monoisotopic (exact) mass is 375 g/mol. The maximum absolute atomic E-state index is 6.45. The van der Waals surface area contributed by atoms with Gasteiger partial charge in [0.2, 0.25) is 5.95 Å². The van der Waals surface area contributed by atoms with Crippen molar-refractivity contribution in [3.63, 3.8) is 0 Å². The van der Waals surface area contributed by atoms with Gasteiger partial charge in [-0.3, -0.25) is 0 Å². The van der Waals surface area contributed by atoms with Gasteiger partial charge in [0.15, 0.2) is 0 Å². The zero-order valence-electron chi connectivity index (χ0n) is 16.3. The van der Waals surface area contributed by atoms with Crippen molar-refractivity contribution in [2.24, 2.45) is 0 Å². The highest BCUT2D eigenvalue weighted by atomic mass is 32.1. The van der Waals surface area contributed by atoms with Crippen molar-refractivity contribution in [1.82, 2.24) is 15.3 Å². The highest BCUT2D eigenvalue weighted by Crippen LogP contribution is 2.36. The molecule has 2 aromatic rings. The molecule has 3 rings (SSSR count). The molecule has 3 N–H and O–H groups in total. The van der Waals surface area contributed by atoms with E-state index in [0.29, 0.717) is 5.82 Å². The predicted octanol–water partition coefficient (Wildman–Crippen LogP) is 4.15. The Morgan fingerprint density at radius 2 is 1.69 bits per heavy atom. The van der Waals surface area contributed by atoms with Crippen molar-refractivity contribution < 1.29 is 0 Å². The number of aryl methyl sites for hydroxylation is 2. The first kappa shape index (κ1) is 19.4. The molecule has 0 bridgehead atoms. The number of piperazine rings is 1. The first-order chi connectivity index (χ1) is 12.7. The van der Waals surface area contributed by atoms with Crippen molar-refractivity contribution in [3.05, 3.63) is 10.4 Å². The third kappa shape index (κ3) is 4.46. The molecule has 0 radical (unpaired) electrons. The van der Waals surface area contributed by atoms with Crippen LogP contribution in [0, 0.1) is 0 Å². The Hall–Kier alpha value is -1.40. The van der Waals surface area contributed by atoms with E-state index in [-0.39, 0.29) is 0 Å². The lowest BCUT2D eigenvalue weighted by atomic mass is 10.0. The molecule has 6 heteroatoms. The summed E-state index contributed by atoms with van der Waals surface area (Å²) in [5.74, 6) is 1.48. The topological polar surface area (TPSA) is 67.1 Å². The minimum Gasteiger partial charge on any atom is -0.383 e. The highest BCUT2D eigenvalue weighted by molar-refractivity contribution is 7.19. The standard InChI is InChI=1S/C20H33N5S/c1-3-5-7-9-15-16(10-8-6-4-2)26-19-17(15)18(21)23-20(24-19)25-13-11-22-12-14-25/h22H,3-14H2,1-2H3,(H2,21,23,24). The fourth-order valence-electron chi connectivity index (χ4n) is 3.68. The number of unbranched alkanes of at least 4 members (excludes halogenated alkanes) is 4. The summed E-state index contributed by atoms with van der Waals surface area (Å²) in [5.41, 5.74) is 7.88. The number of nitrogens with two attached hydrogens (primary N) is 1. The van der Waals surface area contributed by atoms with Gasteiger partial charge in [0.25, 0.3) is 0 Å². The minimum absolute atomic E-state index is 0.674. The van der Waals surface area contributed by atoms with Crippen LogP contribution in [0.25, 0.3) is 10.2 Å². The van der Waals surface area contributed by atoms with E-state index in [4.69, 9.17) is 15.7 Å². The number of hydrogen-bond acceptors (Lipinski definition) is 6. The lowest BCUT2D eigenvalue weighted by molar-refractivity contribution is 0.581. The van der Waals surface area contributed by atoms with Gasteiger partial charge >= 0.3 is 0 Å². The lowest BCUT2D eigenvalue weighted by Gasteiger charge is -2.27. The summed E-state index contributed by atoms with van der Waals surface area (Å²) in [6.07, 6.45) is 9.79. The molecule has 0 aliphatic carbocycles. The summed E-state index contributed by atoms with van der Waals surface area (Å²) in [6, 6.07) is 0. The third-order valence-corrected chi connectivity index (χ3v) is 6.37. The van der Waals surface area contributed by atoms with E-state index in [1.54, 1.807) is 0 Å². The number of hydrogen-bond donors (Lipinski definition) is 2. The molecule has 5 nitrogen and oxygen atoms in total.